The number of aliphatic hydroxyl groups excluding tert-OH is 18. The van der Waals surface area contributed by atoms with E-state index in [1.807, 2.05) is 0 Å². The number of rotatable bonds is 20. The zero-order chi connectivity index (χ0) is 62.8. The largest absolute Gasteiger partial charge is 0.454 e. The van der Waals surface area contributed by atoms with Crippen molar-refractivity contribution in [1.29, 1.82) is 0 Å². The number of carbonyl (C=O) groups is 3. The Bertz CT molecular complexity index is 2140. The lowest BCUT2D eigenvalue weighted by Crippen LogP contribution is -2.70. The normalized spacial score (nSPS) is 49.8. The Labute approximate surface area is 482 Å². The molecule has 7 heterocycles. The van der Waals surface area contributed by atoms with Crippen molar-refractivity contribution in [3.05, 3.63) is 0 Å². The second kappa shape index (κ2) is 29.9. The second-order valence-electron chi connectivity index (χ2n) is 21.4. The molecule has 0 saturated carbocycles. The molecule has 85 heavy (non-hydrogen) atoms. The summed E-state index contributed by atoms with van der Waals surface area (Å²) in [5.74, 6) is -2.97. The predicted octanol–water partition coefficient (Wildman–Crippen LogP) is -12.9. The van der Waals surface area contributed by atoms with E-state index in [1.54, 1.807) is 0 Å². The number of aliphatic hydroxyl groups is 18. The number of hydrogen-bond acceptors (Lipinski definition) is 36. The maximum Gasteiger partial charge on any atom is 0.303 e. The van der Waals surface area contributed by atoms with Gasteiger partial charge in [0.2, 0.25) is 5.91 Å². The maximum atomic E-state index is 12.8. The summed E-state index contributed by atoms with van der Waals surface area (Å²) in [7, 11) is 0. The molecule has 35 atom stereocenters. The first-order valence-electron chi connectivity index (χ1n) is 27.1. The van der Waals surface area contributed by atoms with Gasteiger partial charge in [-0.15, -0.1) is 0 Å². The van der Waals surface area contributed by atoms with E-state index in [4.69, 9.17) is 71.1 Å². The summed E-state index contributed by atoms with van der Waals surface area (Å²) in [4.78, 5) is 37.7. The van der Waals surface area contributed by atoms with Gasteiger partial charge in [-0.1, -0.05) is 0 Å². The molecule has 19 N–H and O–H groups in total. The zero-order valence-corrected chi connectivity index (χ0v) is 46.1. The first-order valence-corrected chi connectivity index (χ1v) is 27.1. The van der Waals surface area contributed by atoms with Gasteiger partial charge in [0.25, 0.3) is 0 Å². The lowest BCUT2D eigenvalue weighted by Gasteiger charge is -2.51. The Balaban J connectivity index is 1.15. The molecule has 37 heteroatoms. The summed E-state index contributed by atoms with van der Waals surface area (Å²) in [6, 6.07) is -1.79. The Morgan fingerprint density at radius 2 is 0.671 bits per heavy atom. The van der Waals surface area contributed by atoms with Crippen molar-refractivity contribution in [2.24, 2.45) is 0 Å². The lowest BCUT2D eigenvalue weighted by molar-refractivity contribution is -0.401. The van der Waals surface area contributed by atoms with Crippen LogP contribution in [0.25, 0.3) is 0 Å². The quantitative estimate of drug-likeness (QED) is 0.0503. The highest BCUT2D eigenvalue weighted by molar-refractivity contribution is 5.73. The van der Waals surface area contributed by atoms with Crippen LogP contribution in [0, 0.1) is 0 Å². The highest BCUT2D eigenvalue weighted by Crippen LogP contribution is 2.39. The second-order valence-corrected chi connectivity index (χ2v) is 21.4. The van der Waals surface area contributed by atoms with E-state index in [-0.39, 0.29) is 0 Å². The lowest BCUT2D eigenvalue weighted by atomic mass is 9.94. The standard InChI is InChI=1S/C48H79NO36/c1-11-22(58)28(64)39(85-46-38(73-14(4)56)29(65)25(61)17(7-51)77-46)45(71-11)81-35-20(10-54)75-42(70)21(49-13(3)55)36(35)82-44-33(69)31(67)34(19(9-53)79-44)80-48-41(74-15(5)57)37(23(59)12(2)72-48)83-47-40(30(66)26(62)18(8-52)78-47)84-43-32(68)27(63)24(60)16(6-50)76-43/h11-12,16-48,50-54,58-70H,6-10H2,1-5H3,(H,49,55)/t11-,12-,16+,17+,18+,19+,20+,21+,22-,23-,24-,25+,26-,27-,28+,29-,30-,31+,32+,33+,34+,35-,36+,37+,38+,39+,40+,41+,42+,43-,44-,45-,46+,47+,48+/m0/s1. The van der Waals surface area contributed by atoms with Crippen LogP contribution < -0.4 is 5.32 Å². The van der Waals surface area contributed by atoms with Crippen LogP contribution in [-0.2, 0) is 85.4 Å². The summed E-state index contributed by atoms with van der Waals surface area (Å²) >= 11 is 0. The van der Waals surface area contributed by atoms with Crippen molar-refractivity contribution in [3.63, 3.8) is 0 Å². The Morgan fingerprint density at radius 1 is 0.329 bits per heavy atom. The number of nitrogens with one attached hydrogen (secondary N) is 1. The monoisotopic (exact) mass is 1250 g/mol. The smallest absolute Gasteiger partial charge is 0.303 e. The van der Waals surface area contributed by atoms with Crippen molar-refractivity contribution in [2.45, 2.75) is 249 Å². The summed E-state index contributed by atoms with van der Waals surface area (Å²) in [5.41, 5.74) is 0. The maximum absolute atomic E-state index is 12.8. The van der Waals surface area contributed by atoms with Crippen molar-refractivity contribution in [2.75, 3.05) is 33.0 Å². The van der Waals surface area contributed by atoms with Gasteiger partial charge in [-0.25, -0.2) is 0 Å². The third-order valence-electron chi connectivity index (χ3n) is 15.4. The van der Waals surface area contributed by atoms with E-state index in [0.29, 0.717) is 0 Å². The van der Waals surface area contributed by atoms with Gasteiger partial charge in [0.05, 0.1) is 45.2 Å². The van der Waals surface area contributed by atoms with Crippen LogP contribution in [0.3, 0.4) is 0 Å². The molecule has 7 saturated heterocycles. The van der Waals surface area contributed by atoms with E-state index < -0.39 is 266 Å². The summed E-state index contributed by atoms with van der Waals surface area (Å²) in [6.45, 7) is 0.397. The molecule has 0 radical (unpaired) electrons. The number of hydrogen-bond donors (Lipinski definition) is 19. The SMILES string of the molecule is CC(=O)N[C@@H]1[C@@H](O[C@@H]2O[C@H](CO)[C@@H](O[C@H]3O[C@@H](C)[C@H](O)[C@@H](O[C@H]4O[C@H](CO)[C@H](O)[C@H](O)[C@H]4O[C@@H]4O[C@H](CO)[C@H](O)[C@H](O)[C@H]4O)[C@H]3OC(C)=O)[C@H](O)[C@H]2O)[C@@H](O[C@@H]2O[C@@H](C)[C@H](O)[C@@H](O)[C@H]2O[C@H]2O[C@H](CO)[C@@H](O)[C@H](O)[C@H]2OC(C)=O)[C@@H](CO)O[C@H]1O. The third kappa shape index (κ3) is 15.2. The van der Waals surface area contributed by atoms with E-state index in [2.05, 4.69) is 5.32 Å². The van der Waals surface area contributed by atoms with Gasteiger partial charge in [0.1, 0.15) is 146 Å². The molecule has 7 fully saturated rings. The molecule has 1 amide bonds. The van der Waals surface area contributed by atoms with Crippen LogP contribution in [0.15, 0.2) is 0 Å². The fraction of sp³-hybridized carbons (Fsp3) is 0.938. The average molecular weight is 1250 g/mol. The van der Waals surface area contributed by atoms with Gasteiger partial charge in [0.15, 0.2) is 56.2 Å². The van der Waals surface area contributed by atoms with Gasteiger partial charge in [0, 0.05) is 20.8 Å². The van der Waals surface area contributed by atoms with Crippen LogP contribution in [0.1, 0.15) is 34.6 Å². The van der Waals surface area contributed by atoms with E-state index >= 15 is 0 Å². The first kappa shape index (κ1) is 69.6. The summed E-state index contributed by atoms with van der Waals surface area (Å²) < 4.78 is 87.1. The van der Waals surface area contributed by atoms with Crippen molar-refractivity contribution >= 4 is 17.8 Å². The minimum atomic E-state index is -2.33. The molecular weight excluding hydrogens is 1170 g/mol. The number of ether oxygens (including phenoxy) is 15. The number of esters is 2. The molecule has 492 valence electrons. The fourth-order valence-corrected chi connectivity index (χ4v) is 10.8. The van der Waals surface area contributed by atoms with Gasteiger partial charge >= 0.3 is 11.9 Å². The fourth-order valence-electron chi connectivity index (χ4n) is 10.8. The first-order chi connectivity index (χ1) is 40.1. The minimum Gasteiger partial charge on any atom is -0.454 e. The molecule has 7 rings (SSSR count). The molecule has 0 aromatic carbocycles. The highest BCUT2D eigenvalue weighted by atomic mass is 16.8. The number of amides is 1. The third-order valence-corrected chi connectivity index (χ3v) is 15.4. The molecular formula is C48H79NO36. The molecule has 0 spiro atoms. The van der Waals surface area contributed by atoms with Crippen LogP contribution in [0.5, 0.6) is 0 Å². The average Bonchev–Trinajstić information content (AvgIpc) is 3.14. The summed E-state index contributed by atoms with van der Waals surface area (Å²) in [5, 5.41) is 198. The Morgan fingerprint density at radius 3 is 1.19 bits per heavy atom. The molecule has 0 aliphatic carbocycles. The van der Waals surface area contributed by atoms with E-state index in [0.717, 1.165) is 20.8 Å². The molecule has 37 nitrogen and oxygen atoms in total. The van der Waals surface area contributed by atoms with E-state index in [1.165, 1.54) is 13.8 Å². The van der Waals surface area contributed by atoms with Crippen LogP contribution in [0.2, 0.25) is 0 Å². The Hall–Kier alpha value is -2.83. The van der Waals surface area contributed by atoms with Crippen LogP contribution in [-0.4, -0.2) is 358 Å². The van der Waals surface area contributed by atoms with Gasteiger partial charge in [-0.05, 0) is 13.8 Å². The molecule has 7 aliphatic heterocycles. The number of carbonyl (C=O) groups excluding carboxylic acids is 3. The van der Waals surface area contributed by atoms with E-state index in [9.17, 15) is 106 Å². The summed E-state index contributed by atoms with van der Waals surface area (Å²) in [6.07, 6.45) is -65.2. The van der Waals surface area contributed by atoms with Crippen molar-refractivity contribution in [1.82, 2.24) is 5.32 Å². The predicted molar refractivity (Wildman–Crippen MR) is 260 cm³/mol. The van der Waals surface area contributed by atoms with Gasteiger partial charge in [-0.2, -0.15) is 0 Å². The molecule has 0 bridgehead atoms. The molecule has 7 aliphatic rings. The molecule has 0 aromatic heterocycles. The van der Waals surface area contributed by atoms with Gasteiger partial charge < -0.3 is 168 Å². The highest BCUT2D eigenvalue weighted by Gasteiger charge is 2.60. The minimum absolute atomic E-state index is 0.855. The van der Waals surface area contributed by atoms with Crippen molar-refractivity contribution in [3.8, 4) is 0 Å². The zero-order valence-electron chi connectivity index (χ0n) is 46.1. The van der Waals surface area contributed by atoms with Crippen LogP contribution in [0.4, 0.5) is 0 Å². The van der Waals surface area contributed by atoms with Gasteiger partial charge in [-0.3, -0.25) is 14.4 Å². The molecule has 0 aromatic rings. The molecule has 0 unspecified atom stereocenters. The topological polar surface area (TPSA) is 566 Å². The van der Waals surface area contributed by atoms with Crippen LogP contribution >= 0.6 is 0 Å². The van der Waals surface area contributed by atoms with Crippen molar-refractivity contribution < 1.29 is 177 Å². The Kier molecular flexibility index (Phi) is 24.5.